The summed E-state index contributed by atoms with van der Waals surface area (Å²) in [6.45, 7) is 2.98. The van der Waals surface area contributed by atoms with Gasteiger partial charge in [0.15, 0.2) is 5.76 Å². The van der Waals surface area contributed by atoms with E-state index in [0.717, 1.165) is 35.2 Å². The van der Waals surface area contributed by atoms with Gasteiger partial charge in [0, 0.05) is 24.7 Å². The van der Waals surface area contributed by atoms with Gasteiger partial charge in [-0.15, -0.1) is 0 Å². The van der Waals surface area contributed by atoms with Gasteiger partial charge in [-0.05, 0) is 17.7 Å². The van der Waals surface area contributed by atoms with Gasteiger partial charge in [-0.1, -0.05) is 0 Å². The quantitative estimate of drug-likeness (QED) is 0.840. The maximum atomic E-state index is 12.4. The Morgan fingerprint density at radius 2 is 2.09 bits per heavy atom. The third kappa shape index (κ3) is 1.88. The first-order valence-corrected chi connectivity index (χ1v) is 7.20. The minimum Gasteiger partial charge on any atom is -0.493 e. The molecule has 0 radical (unpaired) electrons. The molecule has 6 nitrogen and oxygen atoms in total. The number of methoxy groups -OCH3 is 1. The molecule has 0 spiro atoms. The van der Waals surface area contributed by atoms with Crippen LogP contribution in [0.15, 0.2) is 24.2 Å². The van der Waals surface area contributed by atoms with E-state index in [2.05, 4.69) is 14.9 Å². The van der Waals surface area contributed by atoms with Crippen molar-refractivity contribution in [2.75, 3.05) is 38.3 Å². The molecule has 0 saturated carbocycles. The largest absolute Gasteiger partial charge is 0.493 e. The van der Waals surface area contributed by atoms with Gasteiger partial charge in [-0.2, -0.15) is 0 Å². The van der Waals surface area contributed by atoms with Crippen LogP contribution in [0.25, 0.3) is 17.0 Å². The molecule has 3 heterocycles. The summed E-state index contributed by atoms with van der Waals surface area (Å²) in [6, 6.07) is 1.88. The second-order valence-electron chi connectivity index (χ2n) is 5.26. The number of hydrogen-bond acceptors (Lipinski definition) is 6. The van der Waals surface area contributed by atoms with E-state index in [0.29, 0.717) is 24.7 Å². The number of ether oxygens (including phenoxy) is 2. The highest BCUT2D eigenvalue weighted by Crippen LogP contribution is 2.34. The lowest BCUT2D eigenvalue weighted by atomic mass is 9.97. The van der Waals surface area contributed by atoms with Crippen LogP contribution in [0.1, 0.15) is 16.1 Å². The number of ketones is 1. The number of rotatable bonds is 2. The summed E-state index contributed by atoms with van der Waals surface area (Å²) in [6.07, 6.45) is 5.24. The summed E-state index contributed by atoms with van der Waals surface area (Å²) in [4.78, 5) is 23.5. The molecule has 0 unspecified atom stereocenters. The molecule has 112 valence electrons. The zero-order valence-electron chi connectivity index (χ0n) is 12.2. The molecule has 2 aromatic heterocycles. The lowest BCUT2D eigenvalue weighted by molar-refractivity contribution is 0.0953. The zero-order valence-corrected chi connectivity index (χ0v) is 12.2. The molecule has 4 rings (SSSR count). The van der Waals surface area contributed by atoms with Crippen LogP contribution in [-0.2, 0) is 9.47 Å². The number of carbonyl (C=O) groups is 1. The molecule has 2 aliphatic rings. The number of aromatic nitrogens is 2. The lowest BCUT2D eigenvalue weighted by Gasteiger charge is -2.29. The fraction of sp³-hybridized carbons (Fsp3) is 0.312. The molecule has 22 heavy (non-hydrogen) atoms. The molecule has 0 atom stereocenters. The van der Waals surface area contributed by atoms with Crippen molar-refractivity contribution in [3.05, 3.63) is 35.5 Å². The van der Waals surface area contributed by atoms with Gasteiger partial charge in [-0.25, -0.2) is 4.98 Å². The van der Waals surface area contributed by atoms with Gasteiger partial charge in [0.05, 0.1) is 37.7 Å². The highest BCUT2D eigenvalue weighted by atomic mass is 16.5. The summed E-state index contributed by atoms with van der Waals surface area (Å²) in [5.74, 6) is 0.119. The highest BCUT2D eigenvalue weighted by molar-refractivity contribution is 6.21. The van der Waals surface area contributed by atoms with E-state index in [4.69, 9.17) is 9.47 Å². The minimum absolute atomic E-state index is 0.193. The molecule has 1 aliphatic carbocycles. The van der Waals surface area contributed by atoms with E-state index in [1.807, 2.05) is 6.07 Å². The molecular formula is C16H15N3O3. The average molecular weight is 297 g/mol. The second-order valence-corrected chi connectivity index (χ2v) is 5.26. The number of allylic oxidation sites excluding steroid dienone is 1. The first kappa shape index (κ1) is 13.2. The lowest BCUT2D eigenvalue weighted by Crippen LogP contribution is -2.36. The Bertz CT molecular complexity index is 795. The van der Waals surface area contributed by atoms with Crippen LogP contribution < -0.4 is 4.90 Å². The maximum absolute atomic E-state index is 12.4. The van der Waals surface area contributed by atoms with Crippen LogP contribution in [-0.4, -0.2) is 49.2 Å². The number of nitrogens with zero attached hydrogens (tertiary/aromatic N) is 3. The van der Waals surface area contributed by atoms with Gasteiger partial charge >= 0.3 is 0 Å². The Hall–Kier alpha value is -2.47. The molecule has 1 aliphatic heterocycles. The van der Waals surface area contributed by atoms with Crippen molar-refractivity contribution in [1.82, 2.24) is 9.97 Å². The van der Waals surface area contributed by atoms with E-state index in [1.165, 1.54) is 7.11 Å². The van der Waals surface area contributed by atoms with Crippen LogP contribution in [0.5, 0.6) is 0 Å². The SMILES string of the molecule is COC1=Cc2ccnc3c(N4CCOCC4)cnc(c23)C1=O. The summed E-state index contributed by atoms with van der Waals surface area (Å²) in [7, 11) is 1.50. The topological polar surface area (TPSA) is 64.6 Å². The predicted octanol–water partition coefficient (Wildman–Crippen LogP) is 1.65. The first-order valence-electron chi connectivity index (χ1n) is 7.20. The molecule has 2 aromatic rings. The second kappa shape index (κ2) is 5.06. The normalized spacial score (nSPS) is 17.6. The summed E-state index contributed by atoms with van der Waals surface area (Å²) in [5, 5.41) is 0.803. The fourth-order valence-corrected chi connectivity index (χ4v) is 2.97. The molecule has 0 N–H and O–H groups in total. The summed E-state index contributed by atoms with van der Waals surface area (Å²) < 4.78 is 10.6. The summed E-state index contributed by atoms with van der Waals surface area (Å²) in [5.41, 5.74) is 3.09. The van der Waals surface area contributed by atoms with Crippen molar-refractivity contribution in [3.8, 4) is 0 Å². The average Bonchev–Trinajstić information content (AvgIpc) is 2.58. The van der Waals surface area contributed by atoms with E-state index < -0.39 is 0 Å². The monoisotopic (exact) mass is 297 g/mol. The van der Waals surface area contributed by atoms with E-state index >= 15 is 0 Å². The standard InChI is InChI=1S/C16H15N3O3/c1-21-12-8-10-2-3-17-14-11(19-4-6-22-7-5-19)9-18-15(13(10)14)16(12)20/h2-3,8-9H,4-7H2,1H3. The third-order valence-electron chi connectivity index (χ3n) is 4.08. The number of Topliss-reactive ketones (excluding diaryl/α,β-unsaturated/α-hetero) is 1. The van der Waals surface area contributed by atoms with E-state index in [9.17, 15) is 4.79 Å². The van der Waals surface area contributed by atoms with Crippen molar-refractivity contribution >= 4 is 28.4 Å². The van der Waals surface area contributed by atoms with Crippen LogP contribution in [0.4, 0.5) is 5.69 Å². The molecule has 6 heteroatoms. The number of pyridine rings is 2. The van der Waals surface area contributed by atoms with Gasteiger partial charge in [0.1, 0.15) is 5.69 Å². The van der Waals surface area contributed by atoms with Crippen LogP contribution in [0.3, 0.4) is 0 Å². The molecular weight excluding hydrogens is 282 g/mol. The Morgan fingerprint density at radius 1 is 1.27 bits per heavy atom. The summed E-state index contributed by atoms with van der Waals surface area (Å²) >= 11 is 0. The van der Waals surface area contributed by atoms with Crippen LogP contribution >= 0.6 is 0 Å². The molecule has 1 saturated heterocycles. The van der Waals surface area contributed by atoms with Crippen molar-refractivity contribution < 1.29 is 14.3 Å². The van der Waals surface area contributed by atoms with Crippen molar-refractivity contribution in [2.45, 2.75) is 0 Å². The van der Waals surface area contributed by atoms with Gasteiger partial charge < -0.3 is 14.4 Å². The van der Waals surface area contributed by atoms with Crippen molar-refractivity contribution in [2.24, 2.45) is 0 Å². The number of hydrogen-bond donors (Lipinski definition) is 0. The molecule has 1 fully saturated rings. The zero-order chi connectivity index (χ0) is 15.1. The van der Waals surface area contributed by atoms with Crippen molar-refractivity contribution in [3.63, 3.8) is 0 Å². The van der Waals surface area contributed by atoms with Gasteiger partial charge in [0.25, 0.3) is 0 Å². The third-order valence-corrected chi connectivity index (χ3v) is 4.08. The van der Waals surface area contributed by atoms with E-state index in [1.54, 1.807) is 18.5 Å². The Balaban J connectivity index is 1.95. The van der Waals surface area contributed by atoms with Crippen LogP contribution in [0.2, 0.25) is 0 Å². The minimum atomic E-state index is -0.193. The molecule has 0 aromatic carbocycles. The highest BCUT2D eigenvalue weighted by Gasteiger charge is 2.27. The fourth-order valence-electron chi connectivity index (χ4n) is 2.97. The van der Waals surface area contributed by atoms with Gasteiger partial charge in [0.2, 0.25) is 5.78 Å². The van der Waals surface area contributed by atoms with Crippen molar-refractivity contribution in [1.29, 1.82) is 0 Å². The van der Waals surface area contributed by atoms with Gasteiger partial charge in [-0.3, -0.25) is 9.78 Å². The van der Waals surface area contributed by atoms with E-state index in [-0.39, 0.29) is 5.78 Å². The maximum Gasteiger partial charge on any atom is 0.246 e. The Kier molecular flexibility index (Phi) is 3.04. The molecule has 0 bridgehead atoms. The molecule has 0 amide bonds. The number of anilines is 1. The first-order chi connectivity index (χ1) is 10.8. The Labute approximate surface area is 127 Å². The Morgan fingerprint density at radius 3 is 2.86 bits per heavy atom. The number of carbonyl (C=O) groups excluding carboxylic acids is 1. The number of morpholine rings is 1. The predicted molar refractivity (Wildman–Crippen MR) is 81.9 cm³/mol. The smallest absolute Gasteiger partial charge is 0.246 e. The van der Waals surface area contributed by atoms with Crippen LogP contribution in [0, 0.1) is 0 Å².